The quantitative estimate of drug-likeness (QED) is 0.604. The first-order chi connectivity index (χ1) is 15.2. The SMILES string of the molecule is O=C(N(Cc1ccccc1)c1ccccc1)C12C[C@H]3C[C@H](C1)CC(n1cncn1)(C3)C2. The van der Waals surface area contributed by atoms with Crippen LogP contribution in [0.4, 0.5) is 5.69 Å². The van der Waals surface area contributed by atoms with Crippen molar-refractivity contribution in [2.75, 3.05) is 4.90 Å². The van der Waals surface area contributed by atoms with E-state index in [1.165, 1.54) is 6.42 Å². The molecule has 4 aliphatic rings. The largest absolute Gasteiger partial charge is 0.308 e. The lowest BCUT2D eigenvalue weighted by Gasteiger charge is -2.61. The molecule has 5 heteroatoms. The number of carbonyl (C=O) groups is 1. The fourth-order valence-corrected chi connectivity index (χ4v) is 7.13. The number of hydrogen-bond donors (Lipinski definition) is 0. The van der Waals surface area contributed by atoms with Crippen LogP contribution in [0.15, 0.2) is 73.3 Å². The topological polar surface area (TPSA) is 51.0 Å². The van der Waals surface area contributed by atoms with Gasteiger partial charge in [-0.05, 0) is 68.1 Å². The highest BCUT2D eigenvalue weighted by Gasteiger charge is 2.62. The Kier molecular flexibility index (Phi) is 4.27. The Balaban J connectivity index is 1.39. The molecule has 4 fully saturated rings. The predicted molar refractivity (Wildman–Crippen MR) is 119 cm³/mol. The van der Waals surface area contributed by atoms with Gasteiger partial charge in [0.05, 0.1) is 17.5 Å². The number of rotatable bonds is 5. The summed E-state index contributed by atoms with van der Waals surface area (Å²) in [6.07, 6.45) is 9.93. The van der Waals surface area contributed by atoms with Crippen molar-refractivity contribution in [3.8, 4) is 0 Å². The molecule has 2 aromatic carbocycles. The molecule has 158 valence electrons. The smallest absolute Gasteiger partial charge is 0.233 e. The van der Waals surface area contributed by atoms with E-state index in [1.54, 1.807) is 6.33 Å². The lowest BCUT2D eigenvalue weighted by atomic mass is 9.46. The van der Waals surface area contributed by atoms with Crippen molar-refractivity contribution in [2.45, 2.75) is 50.6 Å². The summed E-state index contributed by atoms with van der Waals surface area (Å²) in [6.45, 7) is 0.608. The van der Waals surface area contributed by atoms with Gasteiger partial charge in [-0.2, -0.15) is 5.10 Å². The van der Waals surface area contributed by atoms with E-state index in [4.69, 9.17) is 0 Å². The molecule has 2 atom stereocenters. The molecule has 1 heterocycles. The van der Waals surface area contributed by atoms with Crippen LogP contribution in [0.1, 0.15) is 44.1 Å². The van der Waals surface area contributed by atoms with Gasteiger partial charge in [-0.15, -0.1) is 0 Å². The molecule has 0 aliphatic heterocycles. The molecule has 0 unspecified atom stereocenters. The minimum atomic E-state index is -0.305. The minimum absolute atomic E-state index is 0.0502. The Bertz CT molecular complexity index is 1050. The van der Waals surface area contributed by atoms with E-state index >= 15 is 0 Å². The number of amides is 1. The van der Waals surface area contributed by atoms with E-state index in [0.717, 1.165) is 43.4 Å². The van der Waals surface area contributed by atoms with Crippen LogP contribution in [0, 0.1) is 17.3 Å². The molecule has 0 saturated heterocycles. The second-order valence-electron chi connectivity index (χ2n) is 10.0. The third-order valence-corrected chi connectivity index (χ3v) is 7.89. The maximum atomic E-state index is 14.4. The van der Waals surface area contributed by atoms with Gasteiger partial charge in [0, 0.05) is 5.69 Å². The summed E-state index contributed by atoms with van der Waals surface area (Å²) >= 11 is 0. The Morgan fingerprint density at radius 2 is 1.65 bits per heavy atom. The van der Waals surface area contributed by atoms with Crippen molar-refractivity contribution in [3.05, 3.63) is 78.9 Å². The maximum Gasteiger partial charge on any atom is 0.233 e. The Morgan fingerprint density at radius 1 is 0.968 bits per heavy atom. The number of aromatic nitrogens is 3. The van der Waals surface area contributed by atoms with E-state index < -0.39 is 0 Å². The van der Waals surface area contributed by atoms with Crippen molar-refractivity contribution in [2.24, 2.45) is 17.3 Å². The van der Waals surface area contributed by atoms with Gasteiger partial charge in [0.15, 0.2) is 0 Å². The van der Waals surface area contributed by atoms with E-state index in [-0.39, 0.29) is 11.0 Å². The summed E-state index contributed by atoms with van der Waals surface area (Å²) in [6, 6.07) is 20.5. The summed E-state index contributed by atoms with van der Waals surface area (Å²) in [5.74, 6) is 1.49. The van der Waals surface area contributed by atoms with Crippen LogP contribution in [-0.4, -0.2) is 20.7 Å². The zero-order valence-electron chi connectivity index (χ0n) is 17.7. The highest BCUT2D eigenvalue weighted by molar-refractivity contribution is 5.98. The third-order valence-electron chi connectivity index (χ3n) is 7.89. The van der Waals surface area contributed by atoms with E-state index in [0.29, 0.717) is 24.3 Å². The molecular weight excluding hydrogens is 384 g/mol. The molecule has 0 radical (unpaired) electrons. The molecule has 4 bridgehead atoms. The maximum absolute atomic E-state index is 14.4. The summed E-state index contributed by atoms with van der Waals surface area (Å²) < 4.78 is 2.08. The van der Waals surface area contributed by atoms with Crippen LogP contribution in [0.3, 0.4) is 0 Å². The first-order valence-electron chi connectivity index (χ1n) is 11.4. The summed E-state index contributed by atoms with van der Waals surface area (Å²) in [5.41, 5.74) is 1.80. The number of nitrogens with zero attached hydrogens (tertiary/aromatic N) is 4. The zero-order valence-corrected chi connectivity index (χ0v) is 17.7. The molecule has 7 rings (SSSR count). The molecule has 3 aromatic rings. The van der Waals surface area contributed by atoms with Gasteiger partial charge in [0.25, 0.3) is 0 Å². The molecule has 5 nitrogen and oxygen atoms in total. The van der Waals surface area contributed by atoms with Crippen LogP contribution >= 0.6 is 0 Å². The lowest BCUT2D eigenvalue weighted by molar-refractivity contribution is -0.153. The third kappa shape index (κ3) is 3.10. The minimum Gasteiger partial charge on any atom is -0.308 e. The second kappa shape index (κ2) is 7.04. The zero-order chi connectivity index (χ0) is 20.9. The molecule has 31 heavy (non-hydrogen) atoms. The highest BCUT2D eigenvalue weighted by Crippen LogP contribution is 2.64. The predicted octanol–water partition coefficient (Wildman–Crippen LogP) is 4.81. The van der Waals surface area contributed by atoms with Crippen molar-refractivity contribution < 1.29 is 4.79 Å². The van der Waals surface area contributed by atoms with Gasteiger partial charge in [0.2, 0.25) is 5.91 Å². The molecule has 1 aromatic heterocycles. The number of hydrogen-bond acceptors (Lipinski definition) is 3. The molecule has 0 spiro atoms. The molecular formula is C26H28N4O. The number of anilines is 1. The summed E-state index contributed by atoms with van der Waals surface area (Å²) in [4.78, 5) is 20.7. The first kappa shape index (κ1) is 18.8. The van der Waals surface area contributed by atoms with Crippen molar-refractivity contribution in [1.82, 2.24) is 14.8 Å². The normalized spacial score (nSPS) is 31.0. The van der Waals surface area contributed by atoms with Crippen LogP contribution < -0.4 is 4.90 Å². The first-order valence-corrected chi connectivity index (χ1v) is 11.4. The average Bonchev–Trinajstić information content (AvgIpc) is 3.34. The Morgan fingerprint density at radius 3 is 2.29 bits per heavy atom. The summed E-state index contributed by atoms with van der Waals surface area (Å²) in [5, 5.41) is 4.55. The van der Waals surface area contributed by atoms with Gasteiger partial charge in [-0.1, -0.05) is 48.5 Å². The fraction of sp³-hybridized carbons (Fsp3) is 0.423. The van der Waals surface area contributed by atoms with Crippen LogP contribution in [0.25, 0.3) is 0 Å². The van der Waals surface area contributed by atoms with Gasteiger partial charge in [-0.25, -0.2) is 9.67 Å². The highest BCUT2D eigenvalue weighted by atomic mass is 16.2. The van der Waals surface area contributed by atoms with Gasteiger partial charge < -0.3 is 4.90 Å². The number of para-hydroxylation sites is 1. The number of benzene rings is 2. The summed E-state index contributed by atoms with van der Waals surface area (Å²) in [7, 11) is 0. The van der Waals surface area contributed by atoms with Crippen LogP contribution in [-0.2, 0) is 16.9 Å². The van der Waals surface area contributed by atoms with Gasteiger partial charge in [0.1, 0.15) is 12.7 Å². The van der Waals surface area contributed by atoms with Crippen molar-refractivity contribution >= 4 is 11.6 Å². The van der Waals surface area contributed by atoms with Gasteiger partial charge >= 0.3 is 0 Å². The molecule has 4 aliphatic carbocycles. The van der Waals surface area contributed by atoms with Crippen molar-refractivity contribution in [3.63, 3.8) is 0 Å². The Labute approximate surface area is 183 Å². The second-order valence-corrected chi connectivity index (χ2v) is 10.0. The van der Waals surface area contributed by atoms with E-state index in [9.17, 15) is 4.79 Å². The van der Waals surface area contributed by atoms with Crippen LogP contribution in [0.5, 0.6) is 0 Å². The fourth-order valence-electron chi connectivity index (χ4n) is 7.13. The molecule has 1 amide bonds. The lowest BCUT2D eigenvalue weighted by Crippen LogP contribution is -2.61. The standard InChI is InChI=1S/C26H28N4O/c31-24(29(23-9-5-2-6-10-23)16-20-7-3-1-4-8-20)25-12-21-11-22(13-25)15-26(14-21,17-25)30-19-27-18-28-30/h1-10,18-19,21-22H,11-17H2/t21-,22-,25?,26?/m1/s1. The van der Waals surface area contributed by atoms with E-state index in [1.807, 2.05) is 47.6 Å². The monoisotopic (exact) mass is 412 g/mol. The number of carbonyl (C=O) groups excluding carboxylic acids is 1. The molecule has 0 N–H and O–H groups in total. The Hall–Kier alpha value is -2.95. The van der Waals surface area contributed by atoms with Crippen LogP contribution in [0.2, 0.25) is 0 Å². The van der Waals surface area contributed by atoms with E-state index in [2.05, 4.69) is 39.0 Å². The average molecular weight is 413 g/mol. The molecule has 4 saturated carbocycles. The van der Waals surface area contributed by atoms with Gasteiger partial charge in [-0.3, -0.25) is 4.79 Å². The van der Waals surface area contributed by atoms with Crippen molar-refractivity contribution in [1.29, 1.82) is 0 Å².